The monoisotopic (exact) mass is 301 g/mol. The van der Waals surface area contributed by atoms with Crippen molar-refractivity contribution >= 4 is 40.9 Å². The molecule has 1 atom stereocenters. The summed E-state index contributed by atoms with van der Waals surface area (Å²) in [7, 11) is 0. The third-order valence-corrected chi connectivity index (χ3v) is 3.65. The molecule has 104 valence electrons. The molecule has 0 aliphatic rings. The number of carboxylic acid groups (broad SMARTS) is 1. The predicted molar refractivity (Wildman–Crippen MR) is 77.5 cm³/mol. The van der Waals surface area contributed by atoms with Crippen molar-refractivity contribution in [2.45, 2.75) is 32.2 Å². The maximum atomic E-state index is 11.6. The molecule has 0 fully saturated rings. The van der Waals surface area contributed by atoms with Crippen molar-refractivity contribution in [3.8, 4) is 0 Å². The first-order chi connectivity index (χ1) is 9.02. The molecule has 0 aliphatic heterocycles. The Labute approximate surface area is 121 Å². The van der Waals surface area contributed by atoms with Crippen molar-refractivity contribution in [3.05, 3.63) is 27.4 Å². The van der Waals surface area contributed by atoms with E-state index in [1.165, 1.54) is 17.4 Å². The van der Waals surface area contributed by atoms with Crippen molar-refractivity contribution < 1.29 is 14.7 Å². The lowest BCUT2D eigenvalue weighted by Gasteiger charge is -2.12. The standard InChI is InChI=1S/C13H16ClNO3S/c1-2-3-4-10(13(17)18)15-12(16)8-6-9-5-7-11(14)19-9/h5-8,10H,2-4H2,1H3,(H,15,16)(H,17,18)/b8-6+. The Morgan fingerprint density at radius 1 is 1.53 bits per heavy atom. The summed E-state index contributed by atoms with van der Waals surface area (Å²) in [4.78, 5) is 23.4. The van der Waals surface area contributed by atoms with E-state index in [9.17, 15) is 9.59 Å². The molecule has 0 aromatic carbocycles. The van der Waals surface area contributed by atoms with Crippen LogP contribution in [-0.4, -0.2) is 23.0 Å². The van der Waals surface area contributed by atoms with Gasteiger partial charge < -0.3 is 10.4 Å². The molecule has 0 bridgehead atoms. The number of hydrogen-bond donors (Lipinski definition) is 2. The maximum Gasteiger partial charge on any atom is 0.326 e. The molecule has 0 aliphatic carbocycles. The molecule has 1 rings (SSSR count). The highest BCUT2D eigenvalue weighted by Crippen LogP contribution is 2.22. The first kappa shape index (κ1) is 15.7. The number of carboxylic acids is 1. The highest BCUT2D eigenvalue weighted by atomic mass is 35.5. The normalized spacial score (nSPS) is 12.5. The summed E-state index contributed by atoms with van der Waals surface area (Å²) >= 11 is 7.12. The number of amides is 1. The smallest absolute Gasteiger partial charge is 0.326 e. The topological polar surface area (TPSA) is 66.4 Å². The van der Waals surface area contributed by atoms with Gasteiger partial charge in [-0.05, 0) is 24.6 Å². The molecule has 1 heterocycles. The number of hydrogen-bond acceptors (Lipinski definition) is 3. The lowest BCUT2D eigenvalue weighted by atomic mass is 10.1. The molecule has 0 spiro atoms. The van der Waals surface area contributed by atoms with Crippen LogP contribution in [0.25, 0.3) is 6.08 Å². The number of aliphatic carboxylic acids is 1. The number of unbranched alkanes of at least 4 members (excludes halogenated alkanes) is 1. The Hall–Kier alpha value is -1.33. The molecule has 19 heavy (non-hydrogen) atoms. The van der Waals surface area contributed by atoms with E-state index < -0.39 is 17.9 Å². The van der Waals surface area contributed by atoms with Crippen LogP contribution in [-0.2, 0) is 9.59 Å². The molecule has 0 saturated carbocycles. The van der Waals surface area contributed by atoms with Gasteiger partial charge in [-0.2, -0.15) is 0 Å². The van der Waals surface area contributed by atoms with Crippen LogP contribution in [0, 0.1) is 0 Å². The average Bonchev–Trinajstić information content (AvgIpc) is 2.77. The second-order valence-corrected chi connectivity index (χ2v) is 5.76. The van der Waals surface area contributed by atoms with E-state index in [1.54, 1.807) is 18.2 Å². The Kier molecular flexibility index (Phi) is 6.59. The van der Waals surface area contributed by atoms with Gasteiger partial charge in [0.2, 0.25) is 5.91 Å². The Bertz CT molecular complexity index is 470. The zero-order valence-corrected chi connectivity index (χ0v) is 12.1. The maximum absolute atomic E-state index is 11.6. The SMILES string of the molecule is CCCCC(NC(=O)/C=C/c1ccc(Cl)s1)C(=O)O. The van der Waals surface area contributed by atoms with Crippen LogP contribution in [0.3, 0.4) is 0 Å². The molecule has 2 N–H and O–H groups in total. The fourth-order valence-corrected chi connectivity index (χ4v) is 2.42. The van der Waals surface area contributed by atoms with Crippen LogP contribution in [0.4, 0.5) is 0 Å². The van der Waals surface area contributed by atoms with Crippen molar-refractivity contribution in [2.24, 2.45) is 0 Å². The summed E-state index contributed by atoms with van der Waals surface area (Å²) in [5.41, 5.74) is 0. The van der Waals surface area contributed by atoms with Gasteiger partial charge in [0, 0.05) is 11.0 Å². The minimum Gasteiger partial charge on any atom is -0.480 e. The first-order valence-corrected chi connectivity index (χ1v) is 7.19. The minimum absolute atomic E-state index is 0.409. The van der Waals surface area contributed by atoms with Crippen LogP contribution in [0.5, 0.6) is 0 Å². The molecule has 1 aromatic heterocycles. The van der Waals surface area contributed by atoms with E-state index in [4.69, 9.17) is 16.7 Å². The number of carbonyl (C=O) groups is 2. The minimum atomic E-state index is -1.01. The molecule has 0 radical (unpaired) electrons. The third-order valence-electron chi connectivity index (χ3n) is 2.45. The van der Waals surface area contributed by atoms with Gasteiger partial charge in [-0.25, -0.2) is 4.79 Å². The highest BCUT2D eigenvalue weighted by Gasteiger charge is 2.17. The summed E-state index contributed by atoms with van der Waals surface area (Å²) in [6, 6.07) is 2.71. The molecule has 4 nitrogen and oxygen atoms in total. The molecular weight excluding hydrogens is 286 g/mol. The third kappa shape index (κ3) is 5.89. The molecule has 6 heteroatoms. The van der Waals surface area contributed by atoms with Gasteiger partial charge >= 0.3 is 5.97 Å². The van der Waals surface area contributed by atoms with E-state index in [0.29, 0.717) is 10.8 Å². The molecule has 1 aromatic rings. The first-order valence-electron chi connectivity index (χ1n) is 5.99. The van der Waals surface area contributed by atoms with Gasteiger partial charge in [0.05, 0.1) is 4.34 Å². The Morgan fingerprint density at radius 2 is 2.26 bits per heavy atom. The van der Waals surface area contributed by atoms with Crippen molar-refractivity contribution in [1.29, 1.82) is 0 Å². The molecule has 1 amide bonds. The van der Waals surface area contributed by atoms with Crippen LogP contribution < -0.4 is 5.32 Å². The van der Waals surface area contributed by atoms with Gasteiger partial charge in [0.25, 0.3) is 0 Å². The number of nitrogens with one attached hydrogen (secondary N) is 1. The van der Waals surface area contributed by atoms with Crippen molar-refractivity contribution in [2.75, 3.05) is 0 Å². The van der Waals surface area contributed by atoms with Crippen LogP contribution >= 0.6 is 22.9 Å². The van der Waals surface area contributed by atoms with Crippen LogP contribution in [0.1, 0.15) is 31.1 Å². The highest BCUT2D eigenvalue weighted by molar-refractivity contribution is 7.17. The number of rotatable bonds is 7. The number of halogens is 1. The number of carbonyl (C=O) groups excluding carboxylic acids is 1. The van der Waals surface area contributed by atoms with E-state index >= 15 is 0 Å². The quantitative estimate of drug-likeness (QED) is 0.760. The zero-order valence-electron chi connectivity index (χ0n) is 10.6. The molecule has 1 unspecified atom stereocenters. The van der Waals surface area contributed by atoms with Crippen molar-refractivity contribution in [1.82, 2.24) is 5.32 Å². The summed E-state index contributed by atoms with van der Waals surface area (Å²) in [6.07, 6.45) is 5.04. The second kappa shape index (κ2) is 7.96. The lowest BCUT2D eigenvalue weighted by Crippen LogP contribution is -2.39. The average molecular weight is 302 g/mol. The summed E-state index contributed by atoms with van der Waals surface area (Å²) < 4.78 is 0.645. The van der Waals surface area contributed by atoms with Gasteiger partial charge in [0.1, 0.15) is 6.04 Å². The van der Waals surface area contributed by atoms with Gasteiger partial charge in [0.15, 0.2) is 0 Å². The van der Waals surface area contributed by atoms with Crippen LogP contribution in [0.15, 0.2) is 18.2 Å². The molecular formula is C13H16ClNO3S. The van der Waals surface area contributed by atoms with E-state index in [1.807, 2.05) is 6.92 Å². The molecule has 0 saturated heterocycles. The predicted octanol–water partition coefficient (Wildman–Crippen LogP) is 3.17. The van der Waals surface area contributed by atoms with Gasteiger partial charge in [-0.3, -0.25) is 4.79 Å². The Morgan fingerprint density at radius 3 is 2.79 bits per heavy atom. The van der Waals surface area contributed by atoms with Gasteiger partial charge in [-0.1, -0.05) is 31.4 Å². The number of thiophene rings is 1. The summed E-state index contributed by atoms with van der Waals surface area (Å²) in [5, 5.41) is 11.5. The van der Waals surface area contributed by atoms with Crippen LogP contribution in [0.2, 0.25) is 4.34 Å². The van der Waals surface area contributed by atoms with E-state index in [2.05, 4.69) is 5.32 Å². The zero-order chi connectivity index (χ0) is 14.3. The summed E-state index contributed by atoms with van der Waals surface area (Å²) in [6.45, 7) is 1.97. The van der Waals surface area contributed by atoms with E-state index in [0.717, 1.165) is 17.7 Å². The Balaban J connectivity index is 2.52. The van der Waals surface area contributed by atoms with Gasteiger partial charge in [-0.15, -0.1) is 11.3 Å². The largest absolute Gasteiger partial charge is 0.480 e. The second-order valence-electron chi connectivity index (χ2n) is 4.02. The lowest BCUT2D eigenvalue weighted by molar-refractivity contribution is -0.141. The summed E-state index contributed by atoms with van der Waals surface area (Å²) in [5.74, 6) is -1.41. The van der Waals surface area contributed by atoms with Crippen molar-refractivity contribution in [3.63, 3.8) is 0 Å². The van der Waals surface area contributed by atoms with E-state index in [-0.39, 0.29) is 0 Å². The fourth-order valence-electron chi connectivity index (χ4n) is 1.46. The fraction of sp³-hybridized carbons (Fsp3) is 0.385.